The Balaban J connectivity index is 2.87. The van der Waals surface area contributed by atoms with E-state index in [4.69, 9.17) is 4.74 Å². The van der Waals surface area contributed by atoms with Crippen molar-refractivity contribution < 1.29 is 13.2 Å². The van der Waals surface area contributed by atoms with Crippen LogP contribution in [0.4, 0.5) is 0 Å². The molecule has 0 unspecified atom stereocenters. The van der Waals surface area contributed by atoms with Crippen molar-refractivity contribution in [2.24, 2.45) is 0 Å². The molecule has 0 spiro atoms. The number of benzene rings is 1. The standard InChI is InChI=1S/C10H14O3S/c1-3-14(11,12)8-9-5-4-6-10(7-9)13-2/h4-7H,3,8H2,1-2H3. The van der Waals surface area contributed by atoms with Crippen molar-refractivity contribution in [3.05, 3.63) is 29.8 Å². The molecule has 0 radical (unpaired) electrons. The van der Waals surface area contributed by atoms with Gasteiger partial charge < -0.3 is 4.74 Å². The molecule has 0 fully saturated rings. The highest BCUT2D eigenvalue weighted by molar-refractivity contribution is 7.90. The van der Waals surface area contributed by atoms with E-state index < -0.39 is 9.84 Å². The van der Waals surface area contributed by atoms with Gasteiger partial charge in [-0.1, -0.05) is 19.1 Å². The molecule has 1 aromatic carbocycles. The molecule has 0 aliphatic rings. The van der Waals surface area contributed by atoms with E-state index in [1.807, 2.05) is 0 Å². The smallest absolute Gasteiger partial charge is 0.154 e. The second kappa shape index (κ2) is 4.46. The zero-order chi connectivity index (χ0) is 10.6. The predicted molar refractivity (Wildman–Crippen MR) is 56.2 cm³/mol. The summed E-state index contributed by atoms with van der Waals surface area (Å²) in [4.78, 5) is 0. The van der Waals surface area contributed by atoms with Gasteiger partial charge in [0.25, 0.3) is 0 Å². The third-order valence-electron chi connectivity index (χ3n) is 1.96. The third kappa shape index (κ3) is 3.03. The van der Waals surface area contributed by atoms with Gasteiger partial charge in [-0.05, 0) is 17.7 Å². The van der Waals surface area contributed by atoms with Crippen LogP contribution in [-0.4, -0.2) is 21.3 Å². The van der Waals surface area contributed by atoms with Crippen LogP contribution in [0.2, 0.25) is 0 Å². The highest BCUT2D eigenvalue weighted by atomic mass is 32.2. The molecule has 0 saturated heterocycles. The number of hydrogen-bond acceptors (Lipinski definition) is 3. The molecule has 0 N–H and O–H groups in total. The van der Waals surface area contributed by atoms with Crippen molar-refractivity contribution in [1.82, 2.24) is 0 Å². The predicted octanol–water partition coefficient (Wildman–Crippen LogP) is 1.63. The van der Waals surface area contributed by atoms with E-state index in [9.17, 15) is 8.42 Å². The summed E-state index contributed by atoms with van der Waals surface area (Å²) in [6.45, 7) is 1.65. The van der Waals surface area contributed by atoms with E-state index in [-0.39, 0.29) is 11.5 Å². The van der Waals surface area contributed by atoms with Crippen LogP contribution in [0.3, 0.4) is 0 Å². The highest BCUT2D eigenvalue weighted by Gasteiger charge is 2.08. The SMILES string of the molecule is CCS(=O)(=O)Cc1cccc(OC)c1. The summed E-state index contributed by atoms with van der Waals surface area (Å²) in [5.41, 5.74) is 0.770. The first-order chi connectivity index (χ1) is 6.57. The van der Waals surface area contributed by atoms with E-state index in [2.05, 4.69) is 0 Å². The molecule has 78 valence electrons. The molecule has 3 nitrogen and oxygen atoms in total. The molecule has 1 aromatic rings. The van der Waals surface area contributed by atoms with E-state index >= 15 is 0 Å². The van der Waals surface area contributed by atoms with E-state index in [1.54, 1.807) is 38.3 Å². The second-order valence-corrected chi connectivity index (χ2v) is 5.38. The molecular formula is C10H14O3S. The molecule has 0 atom stereocenters. The summed E-state index contributed by atoms with van der Waals surface area (Å²) in [5, 5.41) is 0. The number of ether oxygens (including phenoxy) is 1. The maximum Gasteiger partial charge on any atom is 0.154 e. The van der Waals surface area contributed by atoms with Crippen molar-refractivity contribution in [3.8, 4) is 5.75 Å². The van der Waals surface area contributed by atoms with Gasteiger partial charge in [-0.2, -0.15) is 0 Å². The summed E-state index contributed by atoms with van der Waals surface area (Å²) < 4.78 is 27.7. The molecular weight excluding hydrogens is 200 g/mol. The van der Waals surface area contributed by atoms with Gasteiger partial charge in [0, 0.05) is 5.75 Å². The molecule has 0 aliphatic carbocycles. The van der Waals surface area contributed by atoms with Crippen LogP contribution in [0.5, 0.6) is 5.75 Å². The first kappa shape index (κ1) is 11.0. The van der Waals surface area contributed by atoms with E-state index in [0.717, 1.165) is 5.56 Å². The fourth-order valence-electron chi connectivity index (χ4n) is 1.12. The Labute approximate surface area is 84.6 Å². The maximum atomic E-state index is 11.3. The maximum absolute atomic E-state index is 11.3. The molecule has 0 aliphatic heterocycles. The van der Waals surface area contributed by atoms with Crippen molar-refractivity contribution >= 4 is 9.84 Å². The zero-order valence-corrected chi connectivity index (χ0v) is 9.17. The lowest BCUT2D eigenvalue weighted by molar-refractivity contribution is 0.414. The molecule has 4 heteroatoms. The normalized spacial score (nSPS) is 11.3. The quantitative estimate of drug-likeness (QED) is 0.765. The summed E-state index contributed by atoms with van der Waals surface area (Å²) in [6, 6.07) is 7.12. The van der Waals surface area contributed by atoms with Crippen molar-refractivity contribution in [2.45, 2.75) is 12.7 Å². The van der Waals surface area contributed by atoms with Gasteiger partial charge >= 0.3 is 0 Å². The largest absolute Gasteiger partial charge is 0.497 e. The average molecular weight is 214 g/mol. The Bertz CT molecular complexity index is 396. The Morgan fingerprint density at radius 2 is 2.07 bits per heavy atom. The van der Waals surface area contributed by atoms with Crippen LogP contribution in [0.1, 0.15) is 12.5 Å². The molecule has 0 saturated carbocycles. The molecule has 1 rings (SSSR count). The van der Waals surface area contributed by atoms with Crippen LogP contribution in [-0.2, 0) is 15.6 Å². The lowest BCUT2D eigenvalue weighted by Gasteiger charge is -2.04. The molecule has 14 heavy (non-hydrogen) atoms. The topological polar surface area (TPSA) is 43.4 Å². The molecule has 0 amide bonds. The van der Waals surface area contributed by atoms with E-state index in [1.165, 1.54) is 0 Å². The Hall–Kier alpha value is -1.03. The Kier molecular flexibility index (Phi) is 3.52. The molecule has 0 heterocycles. The van der Waals surface area contributed by atoms with Crippen molar-refractivity contribution in [3.63, 3.8) is 0 Å². The fraction of sp³-hybridized carbons (Fsp3) is 0.400. The molecule has 0 bridgehead atoms. The first-order valence-electron chi connectivity index (χ1n) is 4.41. The summed E-state index contributed by atoms with van der Waals surface area (Å²) in [7, 11) is -1.39. The minimum atomic E-state index is -2.95. The fourth-order valence-corrected chi connectivity index (χ4v) is 2.01. The van der Waals surface area contributed by atoms with Crippen molar-refractivity contribution in [1.29, 1.82) is 0 Å². The lowest BCUT2D eigenvalue weighted by atomic mass is 10.2. The van der Waals surface area contributed by atoms with Crippen LogP contribution in [0.15, 0.2) is 24.3 Å². The minimum Gasteiger partial charge on any atom is -0.497 e. The first-order valence-corrected chi connectivity index (χ1v) is 6.23. The average Bonchev–Trinajstić information content (AvgIpc) is 2.17. The summed E-state index contributed by atoms with van der Waals surface area (Å²) >= 11 is 0. The van der Waals surface area contributed by atoms with Crippen LogP contribution in [0.25, 0.3) is 0 Å². The van der Waals surface area contributed by atoms with Gasteiger partial charge in [0.05, 0.1) is 12.9 Å². The monoisotopic (exact) mass is 214 g/mol. The van der Waals surface area contributed by atoms with Crippen LogP contribution in [0, 0.1) is 0 Å². The summed E-state index contributed by atoms with van der Waals surface area (Å²) in [5.74, 6) is 0.944. The highest BCUT2D eigenvalue weighted by Crippen LogP contribution is 2.14. The lowest BCUT2D eigenvalue weighted by Crippen LogP contribution is -2.06. The van der Waals surface area contributed by atoms with Crippen LogP contribution < -0.4 is 4.74 Å². The second-order valence-electron chi connectivity index (χ2n) is 3.03. The van der Waals surface area contributed by atoms with Gasteiger partial charge in [0.15, 0.2) is 9.84 Å². The van der Waals surface area contributed by atoms with Gasteiger partial charge in [0.2, 0.25) is 0 Å². The van der Waals surface area contributed by atoms with Gasteiger partial charge in [0.1, 0.15) is 5.75 Å². The van der Waals surface area contributed by atoms with Gasteiger partial charge in [-0.25, -0.2) is 8.42 Å². The molecule has 0 aromatic heterocycles. The number of hydrogen-bond donors (Lipinski definition) is 0. The Morgan fingerprint density at radius 3 is 2.64 bits per heavy atom. The Morgan fingerprint density at radius 1 is 1.36 bits per heavy atom. The number of methoxy groups -OCH3 is 1. The van der Waals surface area contributed by atoms with Crippen LogP contribution >= 0.6 is 0 Å². The van der Waals surface area contributed by atoms with Crippen molar-refractivity contribution in [2.75, 3.05) is 12.9 Å². The van der Waals surface area contributed by atoms with Gasteiger partial charge in [-0.3, -0.25) is 0 Å². The minimum absolute atomic E-state index is 0.0840. The number of sulfone groups is 1. The summed E-state index contributed by atoms with van der Waals surface area (Å²) in [6.07, 6.45) is 0. The zero-order valence-electron chi connectivity index (χ0n) is 8.36. The third-order valence-corrected chi connectivity index (χ3v) is 3.61. The van der Waals surface area contributed by atoms with E-state index in [0.29, 0.717) is 5.75 Å². The van der Waals surface area contributed by atoms with Gasteiger partial charge in [-0.15, -0.1) is 0 Å². The number of rotatable bonds is 4.